The molecule has 0 spiro atoms. The summed E-state index contributed by atoms with van der Waals surface area (Å²) in [6.45, 7) is 4.09. The number of ether oxygens (including phenoxy) is 1. The maximum Gasteiger partial charge on any atom is 0.0616 e. The third-order valence-electron chi connectivity index (χ3n) is 1.77. The van der Waals surface area contributed by atoms with E-state index in [1.807, 2.05) is 0 Å². The van der Waals surface area contributed by atoms with Crippen molar-refractivity contribution in [1.82, 2.24) is 10.6 Å². The van der Waals surface area contributed by atoms with Crippen molar-refractivity contribution in [3.8, 4) is 0 Å². The van der Waals surface area contributed by atoms with Gasteiger partial charge in [0.15, 0.2) is 0 Å². The molecule has 0 radical (unpaired) electrons. The van der Waals surface area contributed by atoms with Gasteiger partial charge in [-0.25, -0.2) is 0 Å². The lowest BCUT2D eigenvalue weighted by atomic mass is 10.2. The number of methoxy groups -OCH3 is 1. The van der Waals surface area contributed by atoms with Crippen LogP contribution in [0.1, 0.15) is 6.42 Å². The molecule has 1 fully saturated rings. The maximum atomic E-state index is 5.05. The van der Waals surface area contributed by atoms with Gasteiger partial charge in [-0.1, -0.05) is 0 Å². The first kappa shape index (κ1) is 7.98. The van der Waals surface area contributed by atoms with Crippen LogP contribution in [0.15, 0.2) is 0 Å². The van der Waals surface area contributed by atoms with Crippen LogP contribution in [0.25, 0.3) is 0 Å². The van der Waals surface area contributed by atoms with Crippen molar-refractivity contribution in [3.63, 3.8) is 0 Å². The second kappa shape index (κ2) is 4.66. The largest absolute Gasteiger partial charge is 0.383 e. The van der Waals surface area contributed by atoms with Crippen molar-refractivity contribution in [2.75, 3.05) is 33.4 Å². The van der Waals surface area contributed by atoms with Gasteiger partial charge in [-0.2, -0.15) is 0 Å². The van der Waals surface area contributed by atoms with E-state index in [0.717, 1.165) is 26.2 Å². The van der Waals surface area contributed by atoms with Gasteiger partial charge in [-0.3, -0.25) is 0 Å². The fourth-order valence-electron chi connectivity index (χ4n) is 1.21. The van der Waals surface area contributed by atoms with E-state index in [0.29, 0.717) is 6.04 Å². The van der Waals surface area contributed by atoms with Crippen LogP contribution >= 0.6 is 0 Å². The van der Waals surface area contributed by atoms with Crippen LogP contribution in [0, 0.1) is 0 Å². The van der Waals surface area contributed by atoms with Crippen molar-refractivity contribution in [1.29, 1.82) is 0 Å². The van der Waals surface area contributed by atoms with Crippen molar-refractivity contribution in [2.24, 2.45) is 0 Å². The SMILES string of the molecule is COCC1CCNCCN1. The highest BCUT2D eigenvalue weighted by Crippen LogP contribution is 1.93. The molecule has 0 bridgehead atoms. The zero-order valence-electron chi connectivity index (χ0n) is 6.52. The van der Waals surface area contributed by atoms with Crippen molar-refractivity contribution < 1.29 is 4.74 Å². The summed E-state index contributed by atoms with van der Waals surface area (Å²) in [5, 5.41) is 6.71. The zero-order chi connectivity index (χ0) is 7.23. The summed E-state index contributed by atoms with van der Waals surface area (Å²) < 4.78 is 5.05. The first-order chi connectivity index (χ1) is 4.93. The van der Waals surface area contributed by atoms with Gasteiger partial charge in [-0.05, 0) is 13.0 Å². The molecule has 1 atom stereocenters. The van der Waals surface area contributed by atoms with E-state index in [1.54, 1.807) is 7.11 Å². The molecule has 0 aromatic heterocycles. The first-order valence-electron chi connectivity index (χ1n) is 3.86. The Morgan fingerprint density at radius 3 is 3.10 bits per heavy atom. The van der Waals surface area contributed by atoms with Crippen LogP contribution in [0.4, 0.5) is 0 Å². The molecule has 1 aliphatic rings. The summed E-state index contributed by atoms with van der Waals surface area (Å²) in [4.78, 5) is 0. The van der Waals surface area contributed by atoms with E-state index in [1.165, 1.54) is 6.42 Å². The highest BCUT2D eigenvalue weighted by Gasteiger charge is 2.08. The van der Waals surface area contributed by atoms with Crippen LogP contribution < -0.4 is 10.6 Å². The topological polar surface area (TPSA) is 33.3 Å². The van der Waals surface area contributed by atoms with Crippen LogP contribution in [-0.2, 0) is 4.74 Å². The number of hydrogen-bond acceptors (Lipinski definition) is 3. The van der Waals surface area contributed by atoms with E-state index in [-0.39, 0.29) is 0 Å². The summed E-state index contributed by atoms with van der Waals surface area (Å²) in [6, 6.07) is 0.556. The molecule has 2 N–H and O–H groups in total. The summed E-state index contributed by atoms with van der Waals surface area (Å²) in [6.07, 6.45) is 1.17. The molecule has 1 heterocycles. The van der Waals surface area contributed by atoms with Gasteiger partial charge in [0.2, 0.25) is 0 Å². The minimum Gasteiger partial charge on any atom is -0.383 e. The molecule has 0 aromatic carbocycles. The Bertz CT molecular complexity index is 79.7. The molecule has 0 amide bonds. The standard InChI is InChI=1S/C7H16N2O/c1-10-6-7-2-3-8-4-5-9-7/h7-9H,2-6H2,1H3. The molecular formula is C7H16N2O. The first-order valence-corrected chi connectivity index (χ1v) is 3.86. The second-order valence-corrected chi connectivity index (χ2v) is 2.65. The third-order valence-corrected chi connectivity index (χ3v) is 1.77. The van der Waals surface area contributed by atoms with E-state index in [9.17, 15) is 0 Å². The lowest BCUT2D eigenvalue weighted by molar-refractivity contribution is 0.166. The molecule has 60 valence electrons. The molecule has 0 saturated carbocycles. The van der Waals surface area contributed by atoms with Gasteiger partial charge < -0.3 is 15.4 Å². The van der Waals surface area contributed by atoms with Gasteiger partial charge in [0, 0.05) is 26.2 Å². The molecule has 3 heteroatoms. The van der Waals surface area contributed by atoms with Gasteiger partial charge in [0.1, 0.15) is 0 Å². The minimum atomic E-state index is 0.556. The van der Waals surface area contributed by atoms with E-state index in [2.05, 4.69) is 10.6 Å². The molecule has 1 rings (SSSR count). The van der Waals surface area contributed by atoms with Crippen molar-refractivity contribution in [3.05, 3.63) is 0 Å². The maximum absolute atomic E-state index is 5.05. The highest BCUT2D eigenvalue weighted by atomic mass is 16.5. The van der Waals surface area contributed by atoms with Gasteiger partial charge in [0.25, 0.3) is 0 Å². The fraction of sp³-hybridized carbons (Fsp3) is 1.00. The molecule has 0 aromatic rings. The van der Waals surface area contributed by atoms with E-state index < -0.39 is 0 Å². The molecule has 1 saturated heterocycles. The van der Waals surface area contributed by atoms with Crippen LogP contribution in [0.5, 0.6) is 0 Å². The smallest absolute Gasteiger partial charge is 0.0616 e. The molecule has 10 heavy (non-hydrogen) atoms. The lowest BCUT2D eigenvalue weighted by Crippen LogP contribution is -2.33. The van der Waals surface area contributed by atoms with E-state index in [4.69, 9.17) is 4.74 Å². The monoisotopic (exact) mass is 144 g/mol. The Hall–Kier alpha value is -0.120. The highest BCUT2D eigenvalue weighted by molar-refractivity contribution is 4.71. The van der Waals surface area contributed by atoms with Crippen molar-refractivity contribution in [2.45, 2.75) is 12.5 Å². The number of nitrogens with one attached hydrogen (secondary N) is 2. The predicted octanol–water partition coefficient (Wildman–Crippen LogP) is -0.416. The third kappa shape index (κ3) is 2.64. The molecular weight excluding hydrogens is 128 g/mol. The van der Waals surface area contributed by atoms with Crippen LogP contribution in [0.3, 0.4) is 0 Å². The summed E-state index contributed by atoms with van der Waals surface area (Å²) >= 11 is 0. The average molecular weight is 144 g/mol. The minimum absolute atomic E-state index is 0.556. The van der Waals surface area contributed by atoms with Crippen molar-refractivity contribution >= 4 is 0 Å². The molecule has 1 aliphatic heterocycles. The second-order valence-electron chi connectivity index (χ2n) is 2.65. The zero-order valence-corrected chi connectivity index (χ0v) is 6.52. The lowest BCUT2D eigenvalue weighted by Gasteiger charge is -2.12. The fourth-order valence-corrected chi connectivity index (χ4v) is 1.21. The number of hydrogen-bond donors (Lipinski definition) is 2. The Morgan fingerprint density at radius 2 is 2.30 bits per heavy atom. The Labute approximate surface area is 62.1 Å². The quantitative estimate of drug-likeness (QED) is 0.552. The Kier molecular flexibility index (Phi) is 3.72. The number of rotatable bonds is 2. The van der Waals surface area contributed by atoms with Crippen LogP contribution in [-0.4, -0.2) is 39.4 Å². The molecule has 1 unspecified atom stereocenters. The average Bonchev–Trinajstić information content (AvgIpc) is 2.17. The van der Waals surface area contributed by atoms with Crippen LogP contribution in [0.2, 0.25) is 0 Å². The van der Waals surface area contributed by atoms with E-state index >= 15 is 0 Å². The molecule has 3 nitrogen and oxygen atoms in total. The predicted molar refractivity (Wildman–Crippen MR) is 41.2 cm³/mol. The van der Waals surface area contributed by atoms with Gasteiger partial charge in [-0.15, -0.1) is 0 Å². The summed E-state index contributed by atoms with van der Waals surface area (Å²) in [5.74, 6) is 0. The normalized spacial score (nSPS) is 27.9. The van der Waals surface area contributed by atoms with Gasteiger partial charge >= 0.3 is 0 Å². The Morgan fingerprint density at radius 1 is 1.40 bits per heavy atom. The summed E-state index contributed by atoms with van der Waals surface area (Å²) in [7, 11) is 1.75. The Balaban J connectivity index is 2.15. The summed E-state index contributed by atoms with van der Waals surface area (Å²) in [5.41, 5.74) is 0. The molecule has 0 aliphatic carbocycles. The van der Waals surface area contributed by atoms with Gasteiger partial charge in [0.05, 0.1) is 6.61 Å².